The fourth-order valence-corrected chi connectivity index (χ4v) is 4.21. The van der Waals surface area contributed by atoms with Gasteiger partial charge in [-0.3, -0.25) is 4.79 Å². The molecule has 3 aromatic heterocycles. The number of rotatable bonds is 6. The number of halogens is 1. The van der Waals surface area contributed by atoms with Gasteiger partial charge in [0.25, 0.3) is 5.56 Å². The number of hydrogen-bond donors (Lipinski definition) is 2. The van der Waals surface area contributed by atoms with Gasteiger partial charge in [0.05, 0.1) is 17.4 Å². The first-order valence-electron chi connectivity index (χ1n) is 11.2. The van der Waals surface area contributed by atoms with Gasteiger partial charge in [0, 0.05) is 36.8 Å². The molecule has 0 aliphatic carbocycles. The highest BCUT2D eigenvalue weighted by Gasteiger charge is 2.24. The number of fused-ring (bicyclic) bond motifs is 2. The molecule has 0 amide bonds. The molecule has 174 valence electrons. The monoisotopic (exact) mass is 459 g/mol. The van der Waals surface area contributed by atoms with Crippen LogP contribution in [-0.4, -0.2) is 30.9 Å². The Labute approximate surface area is 196 Å². The van der Waals surface area contributed by atoms with Crippen molar-refractivity contribution in [3.05, 3.63) is 82.7 Å². The zero-order valence-corrected chi connectivity index (χ0v) is 19.2. The van der Waals surface area contributed by atoms with E-state index >= 15 is 0 Å². The second-order valence-corrected chi connectivity index (χ2v) is 8.82. The summed E-state index contributed by atoms with van der Waals surface area (Å²) in [6, 6.07) is 9.73. The van der Waals surface area contributed by atoms with Crippen molar-refractivity contribution in [1.82, 2.24) is 29.6 Å². The Morgan fingerprint density at radius 3 is 2.88 bits per heavy atom. The minimum Gasteiger partial charge on any atom is -0.340 e. The predicted molar refractivity (Wildman–Crippen MR) is 130 cm³/mol. The van der Waals surface area contributed by atoms with Crippen LogP contribution in [0.1, 0.15) is 30.8 Å². The second kappa shape index (κ2) is 8.49. The molecule has 4 heterocycles. The van der Waals surface area contributed by atoms with Gasteiger partial charge in [0.2, 0.25) is 0 Å². The molecule has 8 nitrogen and oxygen atoms in total. The Hall–Kier alpha value is -3.85. The molecule has 5 rings (SSSR count). The van der Waals surface area contributed by atoms with E-state index in [2.05, 4.69) is 44.3 Å². The summed E-state index contributed by atoms with van der Waals surface area (Å²) in [4.78, 5) is 26.1. The van der Waals surface area contributed by atoms with Crippen LogP contribution in [0.5, 0.6) is 0 Å². The second-order valence-electron chi connectivity index (χ2n) is 8.82. The molecule has 2 N–H and O–H groups in total. The normalized spacial score (nSPS) is 13.6. The fraction of sp³-hybridized carbons (Fsp3) is 0.280. The Kier molecular flexibility index (Phi) is 5.49. The first kappa shape index (κ1) is 22.0. The van der Waals surface area contributed by atoms with E-state index in [1.807, 2.05) is 6.07 Å². The molecular weight excluding hydrogens is 433 g/mol. The molecule has 0 fully saturated rings. The number of benzene rings is 1. The van der Waals surface area contributed by atoms with Crippen LogP contribution >= 0.6 is 0 Å². The van der Waals surface area contributed by atoms with Crippen LogP contribution in [0.2, 0.25) is 0 Å². The van der Waals surface area contributed by atoms with Crippen LogP contribution in [0.15, 0.2) is 60.2 Å². The zero-order valence-electron chi connectivity index (χ0n) is 19.2. The summed E-state index contributed by atoms with van der Waals surface area (Å²) in [5.41, 5.74) is 2.17. The maximum Gasteiger partial charge on any atom is 0.276 e. The molecule has 34 heavy (non-hydrogen) atoms. The van der Waals surface area contributed by atoms with Gasteiger partial charge in [-0.2, -0.15) is 0 Å². The fourth-order valence-electron chi connectivity index (χ4n) is 4.21. The van der Waals surface area contributed by atoms with Crippen molar-refractivity contribution in [2.24, 2.45) is 0 Å². The maximum absolute atomic E-state index is 14.6. The molecule has 9 heteroatoms. The lowest BCUT2D eigenvalue weighted by molar-refractivity contribution is 0.206. The van der Waals surface area contributed by atoms with Crippen LogP contribution < -0.4 is 16.2 Å². The number of pyridine rings is 1. The first-order valence-corrected chi connectivity index (χ1v) is 11.2. The van der Waals surface area contributed by atoms with Crippen LogP contribution in [0.3, 0.4) is 0 Å². The Bertz CT molecular complexity index is 1450. The van der Waals surface area contributed by atoms with Gasteiger partial charge in [-0.05, 0) is 50.1 Å². The van der Waals surface area contributed by atoms with E-state index < -0.39 is 5.67 Å². The maximum atomic E-state index is 14.6. The summed E-state index contributed by atoms with van der Waals surface area (Å²) in [6.07, 6.45) is 5.69. The molecule has 0 atom stereocenters. The van der Waals surface area contributed by atoms with Gasteiger partial charge in [-0.15, -0.1) is 6.58 Å². The molecule has 0 saturated heterocycles. The first-order chi connectivity index (χ1) is 16.3. The smallest absolute Gasteiger partial charge is 0.276 e. The topological polar surface area (TPSA) is 89.7 Å². The van der Waals surface area contributed by atoms with E-state index in [9.17, 15) is 9.18 Å². The summed E-state index contributed by atoms with van der Waals surface area (Å²) < 4.78 is 17.7. The number of nitrogens with one attached hydrogen (secondary N) is 2. The molecule has 0 unspecified atom stereocenters. The van der Waals surface area contributed by atoms with Crippen LogP contribution in [0.25, 0.3) is 16.7 Å². The van der Waals surface area contributed by atoms with Crippen LogP contribution in [0.4, 0.5) is 15.9 Å². The van der Waals surface area contributed by atoms with Gasteiger partial charge in [-0.1, -0.05) is 12.1 Å². The van der Waals surface area contributed by atoms with Gasteiger partial charge >= 0.3 is 0 Å². The quantitative estimate of drug-likeness (QED) is 0.427. The lowest BCUT2D eigenvalue weighted by Crippen LogP contribution is -2.23. The summed E-state index contributed by atoms with van der Waals surface area (Å²) in [5, 5.41) is 7.16. The minimum absolute atomic E-state index is 0.0412. The van der Waals surface area contributed by atoms with Crippen molar-refractivity contribution in [3.8, 4) is 5.82 Å². The van der Waals surface area contributed by atoms with Gasteiger partial charge in [-0.25, -0.2) is 28.7 Å². The molecule has 4 aromatic rings. The standard InChI is InChI=1S/C25H26FN7O/c1-4-11-32-23(34)19-15-29-21(30-18-6-5-16-7-9-27-14-17(16)12-18)13-20(19)33(32)22-8-10-28-24(31-22)25(2,3)26/h4-6,8,10,12-13,15,27H,1,7,9,11,14H2,2-3H3,(H,29,30). The molecule has 0 spiro atoms. The van der Waals surface area contributed by atoms with Crippen molar-refractivity contribution >= 4 is 22.4 Å². The highest BCUT2D eigenvalue weighted by Crippen LogP contribution is 2.25. The summed E-state index contributed by atoms with van der Waals surface area (Å²) in [6.45, 7) is 8.65. The molecular formula is C25H26FN7O. The number of allylic oxidation sites excluding steroid dienone is 1. The number of nitrogens with zero attached hydrogens (tertiary/aromatic N) is 5. The molecule has 0 saturated carbocycles. The molecule has 1 aliphatic rings. The molecule has 0 radical (unpaired) electrons. The van der Waals surface area contributed by atoms with Crippen molar-refractivity contribution in [2.75, 3.05) is 11.9 Å². The predicted octanol–water partition coefficient (Wildman–Crippen LogP) is 3.76. The largest absolute Gasteiger partial charge is 0.340 e. The third kappa shape index (κ3) is 3.99. The van der Waals surface area contributed by atoms with Gasteiger partial charge < -0.3 is 10.6 Å². The summed E-state index contributed by atoms with van der Waals surface area (Å²) >= 11 is 0. The number of aromatic nitrogens is 5. The Balaban J connectivity index is 1.62. The number of alkyl halides is 1. The van der Waals surface area contributed by atoms with Gasteiger partial charge in [0.1, 0.15) is 5.82 Å². The average Bonchev–Trinajstić information content (AvgIpc) is 3.10. The van der Waals surface area contributed by atoms with E-state index in [1.165, 1.54) is 35.9 Å². The molecule has 1 aromatic carbocycles. The lowest BCUT2D eigenvalue weighted by atomic mass is 10.0. The Morgan fingerprint density at radius 1 is 1.24 bits per heavy atom. The SMILES string of the molecule is C=CCn1c(=O)c2cnc(Nc3ccc4c(c3)CNCC4)cc2n1-c1ccnc(C(C)(C)F)n1. The van der Waals surface area contributed by atoms with E-state index in [4.69, 9.17) is 0 Å². The summed E-state index contributed by atoms with van der Waals surface area (Å²) in [5.74, 6) is 1.02. The molecule has 1 aliphatic heterocycles. The number of anilines is 2. The van der Waals surface area contributed by atoms with Crippen molar-refractivity contribution in [2.45, 2.75) is 39.0 Å². The third-order valence-electron chi connectivity index (χ3n) is 5.87. The lowest BCUT2D eigenvalue weighted by Gasteiger charge is -2.18. The van der Waals surface area contributed by atoms with Crippen molar-refractivity contribution in [3.63, 3.8) is 0 Å². The Morgan fingerprint density at radius 2 is 2.09 bits per heavy atom. The molecule has 0 bridgehead atoms. The van der Waals surface area contributed by atoms with Crippen molar-refractivity contribution in [1.29, 1.82) is 0 Å². The van der Waals surface area contributed by atoms with E-state index in [0.717, 1.165) is 25.2 Å². The van der Waals surface area contributed by atoms with Crippen LogP contribution in [-0.2, 0) is 25.2 Å². The number of hydrogen-bond acceptors (Lipinski definition) is 6. The van der Waals surface area contributed by atoms with E-state index in [0.29, 0.717) is 22.5 Å². The highest BCUT2D eigenvalue weighted by atomic mass is 19.1. The van der Waals surface area contributed by atoms with E-state index in [-0.39, 0.29) is 17.9 Å². The van der Waals surface area contributed by atoms with Gasteiger partial charge in [0.15, 0.2) is 17.3 Å². The zero-order chi connectivity index (χ0) is 23.9. The summed E-state index contributed by atoms with van der Waals surface area (Å²) in [7, 11) is 0. The van der Waals surface area contributed by atoms with E-state index in [1.54, 1.807) is 29.1 Å². The minimum atomic E-state index is -1.72. The third-order valence-corrected chi connectivity index (χ3v) is 5.87. The van der Waals surface area contributed by atoms with Crippen LogP contribution in [0, 0.1) is 0 Å². The van der Waals surface area contributed by atoms with Crippen molar-refractivity contribution < 1.29 is 4.39 Å². The highest BCUT2D eigenvalue weighted by molar-refractivity contribution is 5.82. The average molecular weight is 460 g/mol.